The van der Waals surface area contributed by atoms with Gasteiger partial charge in [-0.25, -0.2) is 0 Å². The fraction of sp³-hybridized carbons (Fsp3) is 0.500. The van der Waals surface area contributed by atoms with Crippen molar-refractivity contribution < 1.29 is 4.79 Å². The third-order valence-corrected chi connectivity index (χ3v) is 2.77. The number of rotatable bonds is 7. The quantitative estimate of drug-likeness (QED) is 0.513. The zero-order valence-electron chi connectivity index (χ0n) is 11.0. The van der Waals surface area contributed by atoms with Crippen molar-refractivity contribution in [2.75, 3.05) is 16.8 Å². The lowest BCUT2D eigenvalue weighted by molar-refractivity contribution is -0.116. The van der Waals surface area contributed by atoms with Crippen molar-refractivity contribution in [1.29, 1.82) is 0 Å². The van der Waals surface area contributed by atoms with Crippen LogP contribution in [0, 0.1) is 0 Å². The van der Waals surface area contributed by atoms with Crippen LogP contribution in [0.2, 0.25) is 0 Å². The van der Waals surface area contributed by atoms with E-state index in [2.05, 4.69) is 12.2 Å². The number of nitrogens with one attached hydrogen (secondary N) is 1. The number of benzene rings is 1. The summed E-state index contributed by atoms with van der Waals surface area (Å²) in [6.45, 7) is 2.18. The lowest BCUT2D eigenvalue weighted by Gasteiger charge is -2.07. The highest BCUT2D eigenvalue weighted by atomic mass is 16.1. The van der Waals surface area contributed by atoms with Gasteiger partial charge in [-0.3, -0.25) is 4.79 Å². The summed E-state index contributed by atoms with van der Waals surface area (Å²) in [5.74, 6) is 0.0245. The van der Waals surface area contributed by atoms with Gasteiger partial charge >= 0.3 is 0 Å². The van der Waals surface area contributed by atoms with E-state index in [1.807, 2.05) is 0 Å². The largest absolute Gasteiger partial charge is 0.399 e. The van der Waals surface area contributed by atoms with Gasteiger partial charge in [-0.1, -0.05) is 32.6 Å². The number of hydrogen-bond acceptors (Lipinski definition) is 3. The Labute approximate surface area is 109 Å². The molecular formula is C14H23N3O. The molecule has 0 radical (unpaired) electrons. The maximum absolute atomic E-state index is 11.7. The summed E-state index contributed by atoms with van der Waals surface area (Å²) < 4.78 is 0. The van der Waals surface area contributed by atoms with Gasteiger partial charge in [0.05, 0.1) is 0 Å². The molecule has 0 saturated carbocycles. The van der Waals surface area contributed by atoms with Gasteiger partial charge in [0, 0.05) is 23.5 Å². The monoisotopic (exact) mass is 249 g/mol. The molecule has 1 aromatic rings. The van der Waals surface area contributed by atoms with E-state index < -0.39 is 0 Å². The molecule has 1 amide bonds. The zero-order chi connectivity index (χ0) is 13.4. The van der Waals surface area contributed by atoms with Gasteiger partial charge in [0.25, 0.3) is 0 Å². The highest BCUT2D eigenvalue weighted by Gasteiger charge is 2.03. The van der Waals surface area contributed by atoms with Crippen LogP contribution in [-0.4, -0.2) is 5.91 Å². The van der Waals surface area contributed by atoms with E-state index in [1.54, 1.807) is 18.2 Å². The summed E-state index contributed by atoms with van der Waals surface area (Å²) in [5, 5.41) is 2.82. The predicted molar refractivity (Wildman–Crippen MR) is 77.3 cm³/mol. The van der Waals surface area contributed by atoms with E-state index in [0.717, 1.165) is 12.8 Å². The molecule has 0 saturated heterocycles. The van der Waals surface area contributed by atoms with Crippen LogP contribution in [-0.2, 0) is 4.79 Å². The molecular weight excluding hydrogens is 226 g/mol. The van der Waals surface area contributed by atoms with E-state index in [9.17, 15) is 4.79 Å². The summed E-state index contributed by atoms with van der Waals surface area (Å²) in [4.78, 5) is 11.7. The molecule has 0 atom stereocenters. The maximum Gasteiger partial charge on any atom is 0.224 e. The number of nitrogens with two attached hydrogens (primary N) is 2. The maximum atomic E-state index is 11.7. The highest BCUT2D eigenvalue weighted by molar-refractivity contribution is 5.91. The first kappa shape index (κ1) is 14.4. The number of nitrogen functional groups attached to an aromatic ring is 2. The molecule has 0 aliphatic carbocycles. The molecule has 1 aromatic carbocycles. The third-order valence-electron chi connectivity index (χ3n) is 2.77. The van der Waals surface area contributed by atoms with Crippen LogP contribution in [0.1, 0.15) is 45.4 Å². The first-order valence-corrected chi connectivity index (χ1v) is 6.57. The second-order valence-corrected chi connectivity index (χ2v) is 4.60. The normalized spacial score (nSPS) is 10.3. The molecule has 1 rings (SSSR count). The Morgan fingerprint density at radius 3 is 2.28 bits per heavy atom. The van der Waals surface area contributed by atoms with Gasteiger partial charge in [-0.15, -0.1) is 0 Å². The lowest BCUT2D eigenvalue weighted by Crippen LogP contribution is -2.11. The molecule has 0 heterocycles. The summed E-state index contributed by atoms with van der Waals surface area (Å²) >= 11 is 0. The second kappa shape index (κ2) is 7.58. The first-order valence-electron chi connectivity index (χ1n) is 6.57. The summed E-state index contributed by atoms with van der Waals surface area (Å²) in [6.07, 6.45) is 6.26. The Hall–Kier alpha value is -1.71. The van der Waals surface area contributed by atoms with Gasteiger partial charge in [0.15, 0.2) is 0 Å². The van der Waals surface area contributed by atoms with Crippen LogP contribution >= 0.6 is 0 Å². The van der Waals surface area contributed by atoms with Crippen LogP contribution in [0.15, 0.2) is 18.2 Å². The average Bonchev–Trinajstić information content (AvgIpc) is 2.27. The topological polar surface area (TPSA) is 81.1 Å². The Morgan fingerprint density at radius 2 is 1.67 bits per heavy atom. The van der Waals surface area contributed by atoms with E-state index in [0.29, 0.717) is 23.5 Å². The molecule has 0 spiro atoms. The van der Waals surface area contributed by atoms with Gasteiger partial charge < -0.3 is 16.8 Å². The minimum Gasteiger partial charge on any atom is -0.399 e. The number of amides is 1. The number of anilines is 3. The third kappa shape index (κ3) is 5.57. The number of hydrogen-bond donors (Lipinski definition) is 3. The summed E-state index contributed by atoms with van der Waals surface area (Å²) in [6, 6.07) is 5.09. The van der Waals surface area contributed by atoms with Crippen molar-refractivity contribution >= 4 is 23.0 Å². The Morgan fingerprint density at radius 1 is 1.06 bits per heavy atom. The van der Waals surface area contributed by atoms with Crippen LogP contribution < -0.4 is 16.8 Å². The molecule has 4 nitrogen and oxygen atoms in total. The van der Waals surface area contributed by atoms with Crippen molar-refractivity contribution in [2.24, 2.45) is 0 Å². The molecule has 0 unspecified atom stereocenters. The van der Waals surface area contributed by atoms with Gasteiger partial charge in [0.1, 0.15) is 0 Å². The molecule has 5 N–H and O–H groups in total. The van der Waals surface area contributed by atoms with Crippen molar-refractivity contribution in [3.05, 3.63) is 18.2 Å². The molecule has 100 valence electrons. The molecule has 18 heavy (non-hydrogen) atoms. The average molecular weight is 249 g/mol. The fourth-order valence-electron chi connectivity index (χ4n) is 1.86. The smallest absolute Gasteiger partial charge is 0.224 e. The van der Waals surface area contributed by atoms with Crippen molar-refractivity contribution in [3.8, 4) is 0 Å². The summed E-state index contributed by atoms with van der Waals surface area (Å²) in [7, 11) is 0. The van der Waals surface area contributed by atoms with Gasteiger partial charge in [0.2, 0.25) is 5.91 Å². The molecule has 0 aliphatic rings. The first-order chi connectivity index (χ1) is 8.61. The minimum absolute atomic E-state index is 0.0245. The standard InChI is InChI=1S/C14H23N3O/c1-2-3-4-5-6-7-14(18)17-13-9-11(15)8-12(16)10-13/h8-10H,2-7,15-16H2,1H3,(H,17,18). The van der Waals surface area contributed by atoms with E-state index in [4.69, 9.17) is 11.5 Å². The van der Waals surface area contributed by atoms with Crippen LogP contribution in [0.3, 0.4) is 0 Å². The van der Waals surface area contributed by atoms with Gasteiger partial charge in [-0.05, 0) is 24.6 Å². The molecule has 0 fully saturated rings. The molecule has 0 bridgehead atoms. The Balaban J connectivity index is 2.31. The number of carbonyl (C=O) groups is 1. The lowest BCUT2D eigenvalue weighted by atomic mass is 10.1. The SMILES string of the molecule is CCCCCCCC(=O)Nc1cc(N)cc(N)c1. The second-order valence-electron chi connectivity index (χ2n) is 4.60. The van der Waals surface area contributed by atoms with Crippen molar-refractivity contribution in [3.63, 3.8) is 0 Å². The predicted octanol–water partition coefficient (Wildman–Crippen LogP) is 3.15. The molecule has 0 aliphatic heterocycles. The highest BCUT2D eigenvalue weighted by Crippen LogP contribution is 2.18. The van der Waals surface area contributed by atoms with E-state index in [-0.39, 0.29) is 5.91 Å². The minimum atomic E-state index is 0.0245. The molecule has 4 heteroatoms. The van der Waals surface area contributed by atoms with Crippen LogP contribution in [0.5, 0.6) is 0 Å². The Bertz CT molecular complexity index is 370. The van der Waals surface area contributed by atoms with E-state index in [1.165, 1.54) is 19.3 Å². The van der Waals surface area contributed by atoms with Crippen molar-refractivity contribution in [2.45, 2.75) is 45.4 Å². The fourth-order valence-corrected chi connectivity index (χ4v) is 1.86. The number of carbonyl (C=O) groups excluding carboxylic acids is 1. The van der Waals surface area contributed by atoms with Gasteiger partial charge in [-0.2, -0.15) is 0 Å². The van der Waals surface area contributed by atoms with E-state index >= 15 is 0 Å². The summed E-state index contributed by atoms with van der Waals surface area (Å²) in [5.41, 5.74) is 13.1. The van der Waals surface area contributed by atoms with Crippen LogP contribution in [0.4, 0.5) is 17.1 Å². The Kier molecular flexibility index (Phi) is 6.05. The zero-order valence-corrected chi connectivity index (χ0v) is 11.0. The van der Waals surface area contributed by atoms with Crippen molar-refractivity contribution in [1.82, 2.24) is 0 Å². The van der Waals surface area contributed by atoms with Crippen LogP contribution in [0.25, 0.3) is 0 Å². The molecule has 0 aromatic heterocycles. The number of unbranched alkanes of at least 4 members (excludes halogenated alkanes) is 4.